The molecule has 0 radical (unpaired) electrons. The van der Waals surface area contributed by atoms with Crippen molar-refractivity contribution in [2.75, 3.05) is 12.8 Å². The number of anilines is 1. The van der Waals surface area contributed by atoms with E-state index in [0.717, 1.165) is 36.1 Å². The minimum absolute atomic E-state index is 0.0815. The highest BCUT2D eigenvalue weighted by Gasteiger charge is 2.39. The van der Waals surface area contributed by atoms with Crippen LogP contribution in [0.3, 0.4) is 0 Å². The molecule has 1 saturated carbocycles. The molecule has 1 aromatic carbocycles. The number of methoxy groups -OCH3 is 1. The average Bonchev–Trinajstić information content (AvgIpc) is 2.75. The lowest BCUT2D eigenvalue weighted by atomic mass is 9.76. The Bertz CT molecular complexity index is 609. The maximum absolute atomic E-state index is 5.97. The fourth-order valence-electron chi connectivity index (χ4n) is 2.90. The van der Waals surface area contributed by atoms with Crippen LogP contribution in [0.2, 0.25) is 0 Å². The second-order valence-electron chi connectivity index (χ2n) is 5.66. The topological polar surface area (TPSA) is 61.3 Å². The molecule has 1 heterocycles. The van der Waals surface area contributed by atoms with Crippen LogP contribution in [-0.2, 0) is 11.2 Å². The van der Waals surface area contributed by atoms with Gasteiger partial charge in [-0.3, -0.25) is 0 Å². The molecule has 0 bridgehead atoms. The number of benzene rings is 1. The Morgan fingerprint density at radius 1 is 1.40 bits per heavy atom. The van der Waals surface area contributed by atoms with Gasteiger partial charge in [0.15, 0.2) is 0 Å². The van der Waals surface area contributed by atoms with E-state index in [4.69, 9.17) is 15.0 Å². The van der Waals surface area contributed by atoms with Crippen molar-refractivity contribution >= 4 is 5.88 Å². The Labute approximate surface area is 118 Å². The SMILES string of the molecule is COC1(Cc2noc(N)c2-c2cccc(C)c2)CCC1. The van der Waals surface area contributed by atoms with Gasteiger partial charge in [0.1, 0.15) is 0 Å². The van der Waals surface area contributed by atoms with Gasteiger partial charge in [-0.1, -0.05) is 35.0 Å². The first-order chi connectivity index (χ1) is 9.63. The summed E-state index contributed by atoms with van der Waals surface area (Å²) in [7, 11) is 1.77. The average molecular weight is 272 g/mol. The van der Waals surface area contributed by atoms with Crippen molar-refractivity contribution in [3.8, 4) is 11.1 Å². The van der Waals surface area contributed by atoms with Crippen LogP contribution in [0.1, 0.15) is 30.5 Å². The van der Waals surface area contributed by atoms with E-state index < -0.39 is 0 Å². The Morgan fingerprint density at radius 3 is 2.80 bits per heavy atom. The zero-order valence-corrected chi connectivity index (χ0v) is 12.0. The standard InChI is InChI=1S/C16H20N2O2/c1-11-5-3-6-12(9-11)14-13(18-20-15(14)17)10-16(19-2)7-4-8-16/h3,5-6,9H,4,7-8,10,17H2,1-2H3. The first kappa shape index (κ1) is 13.2. The predicted octanol–water partition coefficient (Wildman–Crippen LogP) is 3.34. The molecular weight excluding hydrogens is 252 g/mol. The van der Waals surface area contributed by atoms with Crippen LogP contribution in [0.15, 0.2) is 28.8 Å². The molecule has 2 N–H and O–H groups in total. The number of ether oxygens (including phenoxy) is 1. The first-order valence-corrected chi connectivity index (χ1v) is 7.00. The molecule has 3 rings (SSSR count). The highest BCUT2D eigenvalue weighted by Crippen LogP contribution is 2.41. The molecule has 0 spiro atoms. The van der Waals surface area contributed by atoms with E-state index in [1.807, 2.05) is 12.1 Å². The van der Waals surface area contributed by atoms with Crippen LogP contribution in [0.4, 0.5) is 5.88 Å². The lowest BCUT2D eigenvalue weighted by molar-refractivity contribution is -0.0717. The van der Waals surface area contributed by atoms with Crippen LogP contribution >= 0.6 is 0 Å². The van der Waals surface area contributed by atoms with E-state index in [0.29, 0.717) is 5.88 Å². The van der Waals surface area contributed by atoms with E-state index in [1.54, 1.807) is 7.11 Å². The summed E-state index contributed by atoms with van der Waals surface area (Å²) in [5, 5.41) is 4.16. The van der Waals surface area contributed by atoms with Crippen molar-refractivity contribution in [3.05, 3.63) is 35.5 Å². The molecular formula is C16H20N2O2. The van der Waals surface area contributed by atoms with E-state index >= 15 is 0 Å². The van der Waals surface area contributed by atoms with Gasteiger partial charge in [-0.2, -0.15) is 0 Å². The third-order valence-electron chi connectivity index (χ3n) is 4.28. The summed E-state index contributed by atoms with van der Waals surface area (Å²) in [6, 6.07) is 8.23. The quantitative estimate of drug-likeness (QED) is 0.927. The summed E-state index contributed by atoms with van der Waals surface area (Å²) < 4.78 is 10.9. The lowest BCUT2D eigenvalue weighted by Crippen LogP contribution is -2.41. The van der Waals surface area contributed by atoms with Gasteiger partial charge in [-0.05, 0) is 31.7 Å². The summed E-state index contributed by atoms with van der Waals surface area (Å²) in [6.07, 6.45) is 4.11. The van der Waals surface area contributed by atoms with Gasteiger partial charge in [0, 0.05) is 13.5 Å². The normalized spacial score (nSPS) is 16.9. The number of nitrogen functional groups attached to an aromatic ring is 1. The Hall–Kier alpha value is -1.81. The van der Waals surface area contributed by atoms with Gasteiger partial charge in [0.25, 0.3) is 0 Å². The molecule has 2 aromatic rings. The van der Waals surface area contributed by atoms with Crippen molar-refractivity contribution in [1.29, 1.82) is 0 Å². The molecule has 0 amide bonds. The monoisotopic (exact) mass is 272 g/mol. The second-order valence-corrected chi connectivity index (χ2v) is 5.66. The lowest BCUT2D eigenvalue weighted by Gasteiger charge is -2.40. The molecule has 1 aromatic heterocycles. The molecule has 20 heavy (non-hydrogen) atoms. The second kappa shape index (κ2) is 4.94. The van der Waals surface area contributed by atoms with Crippen LogP contribution in [0.5, 0.6) is 0 Å². The minimum Gasteiger partial charge on any atom is -0.378 e. The highest BCUT2D eigenvalue weighted by molar-refractivity contribution is 5.75. The third kappa shape index (κ3) is 2.20. The molecule has 0 saturated heterocycles. The fraction of sp³-hybridized carbons (Fsp3) is 0.438. The predicted molar refractivity (Wildman–Crippen MR) is 78.4 cm³/mol. The van der Waals surface area contributed by atoms with E-state index in [-0.39, 0.29) is 5.60 Å². The summed E-state index contributed by atoms with van der Waals surface area (Å²) in [4.78, 5) is 0. The van der Waals surface area contributed by atoms with Crippen LogP contribution in [-0.4, -0.2) is 17.9 Å². The number of rotatable bonds is 4. The van der Waals surface area contributed by atoms with Crippen LogP contribution in [0.25, 0.3) is 11.1 Å². The summed E-state index contributed by atoms with van der Waals surface area (Å²) in [6.45, 7) is 2.06. The Balaban J connectivity index is 1.97. The Morgan fingerprint density at radius 2 is 2.20 bits per heavy atom. The molecule has 4 nitrogen and oxygen atoms in total. The molecule has 0 atom stereocenters. The summed E-state index contributed by atoms with van der Waals surface area (Å²) in [5.41, 5.74) is 9.96. The van der Waals surface area contributed by atoms with E-state index in [9.17, 15) is 0 Å². The molecule has 1 aliphatic rings. The molecule has 0 aliphatic heterocycles. The van der Waals surface area contributed by atoms with Gasteiger partial charge in [0.05, 0.1) is 16.9 Å². The van der Waals surface area contributed by atoms with E-state index in [2.05, 4.69) is 24.2 Å². The Kier molecular flexibility index (Phi) is 3.26. The van der Waals surface area contributed by atoms with Crippen molar-refractivity contribution in [2.45, 2.75) is 38.2 Å². The van der Waals surface area contributed by atoms with Gasteiger partial charge < -0.3 is 15.0 Å². The minimum atomic E-state index is -0.0815. The first-order valence-electron chi connectivity index (χ1n) is 7.00. The number of nitrogens with two attached hydrogens (primary N) is 1. The molecule has 1 fully saturated rings. The van der Waals surface area contributed by atoms with Crippen molar-refractivity contribution in [3.63, 3.8) is 0 Å². The third-order valence-corrected chi connectivity index (χ3v) is 4.28. The number of aromatic nitrogens is 1. The number of aryl methyl sites for hydroxylation is 1. The number of nitrogens with zero attached hydrogens (tertiary/aromatic N) is 1. The fourth-order valence-corrected chi connectivity index (χ4v) is 2.90. The van der Waals surface area contributed by atoms with Crippen molar-refractivity contribution < 1.29 is 9.26 Å². The largest absolute Gasteiger partial charge is 0.378 e. The smallest absolute Gasteiger partial charge is 0.230 e. The molecule has 0 unspecified atom stereocenters. The van der Waals surface area contributed by atoms with Crippen molar-refractivity contribution in [2.24, 2.45) is 0 Å². The van der Waals surface area contributed by atoms with Gasteiger partial charge in [-0.25, -0.2) is 0 Å². The van der Waals surface area contributed by atoms with Crippen molar-refractivity contribution in [1.82, 2.24) is 5.16 Å². The number of hydrogen-bond acceptors (Lipinski definition) is 4. The summed E-state index contributed by atoms with van der Waals surface area (Å²) in [5.74, 6) is 0.385. The van der Waals surface area contributed by atoms with Gasteiger partial charge in [0.2, 0.25) is 5.88 Å². The zero-order chi connectivity index (χ0) is 14.2. The van der Waals surface area contributed by atoms with Crippen LogP contribution in [0, 0.1) is 6.92 Å². The maximum atomic E-state index is 5.97. The summed E-state index contributed by atoms with van der Waals surface area (Å²) >= 11 is 0. The maximum Gasteiger partial charge on any atom is 0.230 e. The zero-order valence-electron chi connectivity index (χ0n) is 12.0. The van der Waals surface area contributed by atoms with Gasteiger partial charge >= 0.3 is 0 Å². The van der Waals surface area contributed by atoms with Gasteiger partial charge in [-0.15, -0.1) is 0 Å². The van der Waals surface area contributed by atoms with E-state index in [1.165, 1.54) is 12.0 Å². The number of hydrogen-bond donors (Lipinski definition) is 1. The molecule has 1 aliphatic carbocycles. The highest BCUT2D eigenvalue weighted by atomic mass is 16.5. The molecule has 4 heteroatoms. The molecule has 106 valence electrons. The van der Waals surface area contributed by atoms with Crippen LogP contribution < -0.4 is 5.73 Å².